The van der Waals surface area contributed by atoms with Crippen molar-refractivity contribution in [1.29, 1.82) is 0 Å². The molecule has 0 amide bonds. The van der Waals surface area contributed by atoms with Crippen molar-refractivity contribution in [1.82, 2.24) is 4.90 Å². The summed E-state index contributed by atoms with van der Waals surface area (Å²) in [5, 5.41) is 9.11. The summed E-state index contributed by atoms with van der Waals surface area (Å²) in [6.45, 7) is 3.14. The van der Waals surface area contributed by atoms with Crippen LogP contribution in [-0.4, -0.2) is 29.1 Å². The molecule has 22 heavy (non-hydrogen) atoms. The molecule has 2 aromatic carbocycles. The number of hydrogen-bond acceptors (Lipinski definition) is 2. The zero-order chi connectivity index (χ0) is 15.4. The Morgan fingerprint density at radius 1 is 1.05 bits per heavy atom. The van der Waals surface area contributed by atoms with Crippen molar-refractivity contribution >= 4 is 5.97 Å². The van der Waals surface area contributed by atoms with E-state index >= 15 is 0 Å². The fourth-order valence-corrected chi connectivity index (χ4v) is 3.19. The molecule has 1 heterocycles. The van der Waals surface area contributed by atoms with Gasteiger partial charge in [-0.2, -0.15) is 0 Å². The highest BCUT2D eigenvalue weighted by Gasteiger charge is 2.21. The summed E-state index contributed by atoms with van der Waals surface area (Å²) in [4.78, 5) is 13.6. The van der Waals surface area contributed by atoms with E-state index in [1.165, 1.54) is 11.1 Å². The van der Waals surface area contributed by atoms with E-state index in [2.05, 4.69) is 35.2 Å². The Morgan fingerprint density at radius 2 is 1.77 bits per heavy atom. The number of likely N-dealkylation sites (tertiary alicyclic amines) is 1. The van der Waals surface area contributed by atoms with E-state index in [0.717, 1.165) is 32.5 Å². The van der Waals surface area contributed by atoms with E-state index in [1.807, 2.05) is 18.2 Å². The number of nitrogens with zero attached hydrogens (tertiary/aromatic N) is 1. The average molecular weight is 295 g/mol. The van der Waals surface area contributed by atoms with Gasteiger partial charge in [0, 0.05) is 6.54 Å². The second-order valence-electron chi connectivity index (χ2n) is 5.97. The van der Waals surface area contributed by atoms with Crippen LogP contribution in [0.5, 0.6) is 0 Å². The molecule has 0 unspecified atom stereocenters. The maximum absolute atomic E-state index is 11.1. The van der Waals surface area contributed by atoms with Crippen molar-refractivity contribution in [3.05, 3.63) is 71.3 Å². The zero-order valence-corrected chi connectivity index (χ0v) is 12.6. The van der Waals surface area contributed by atoms with Crippen LogP contribution in [0, 0.1) is 0 Å². The molecule has 3 heteroatoms. The van der Waals surface area contributed by atoms with Crippen molar-refractivity contribution in [2.45, 2.75) is 25.3 Å². The van der Waals surface area contributed by atoms with Crippen LogP contribution in [0.4, 0.5) is 0 Å². The molecular weight excluding hydrogens is 274 g/mol. The highest BCUT2D eigenvalue weighted by molar-refractivity contribution is 5.87. The molecule has 3 rings (SSSR count). The standard InChI is InChI=1S/C19H21NO2/c21-19(22)18-8-4-7-17(13-18)16-9-11-20(12-10-16)14-15-5-2-1-3-6-15/h1-8,13,16H,9-12,14H2,(H,21,22). The Labute approximate surface area is 131 Å². The van der Waals surface area contributed by atoms with Gasteiger partial charge in [-0.3, -0.25) is 4.90 Å². The van der Waals surface area contributed by atoms with Gasteiger partial charge in [-0.1, -0.05) is 42.5 Å². The molecule has 0 radical (unpaired) electrons. The second-order valence-corrected chi connectivity index (χ2v) is 5.97. The van der Waals surface area contributed by atoms with Gasteiger partial charge in [-0.15, -0.1) is 0 Å². The summed E-state index contributed by atoms with van der Waals surface area (Å²) < 4.78 is 0. The molecule has 2 aromatic rings. The van der Waals surface area contributed by atoms with E-state index in [4.69, 9.17) is 5.11 Å². The van der Waals surface area contributed by atoms with Gasteiger partial charge >= 0.3 is 5.97 Å². The van der Waals surface area contributed by atoms with E-state index < -0.39 is 5.97 Å². The maximum atomic E-state index is 11.1. The molecule has 114 valence electrons. The van der Waals surface area contributed by atoms with E-state index in [0.29, 0.717) is 11.5 Å². The van der Waals surface area contributed by atoms with Crippen LogP contribution in [0.3, 0.4) is 0 Å². The highest BCUT2D eigenvalue weighted by Crippen LogP contribution is 2.29. The molecule has 0 bridgehead atoms. The third-order valence-electron chi connectivity index (χ3n) is 4.44. The van der Waals surface area contributed by atoms with Gasteiger partial charge in [0.1, 0.15) is 0 Å². The average Bonchev–Trinajstić information content (AvgIpc) is 2.56. The molecule has 1 saturated heterocycles. The van der Waals surface area contributed by atoms with Crippen LogP contribution in [-0.2, 0) is 6.54 Å². The van der Waals surface area contributed by atoms with E-state index in [9.17, 15) is 4.79 Å². The summed E-state index contributed by atoms with van der Waals surface area (Å²) in [5.41, 5.74) is 2.91. The summed E-state index contributed by atoms with van der Waals surface area (Å²) in [6, 6.07) is 18.0. The van der Waals surface area contributed by atoms with Crippen LogP contribution in [0.15, 0.2) is 54.6 Å². The summed E-state index contributed by atoms with van der Waals surface area (Å²) in [6.07, 6.45) is 2.19. The van der Waals surface area contributed by atoms with Crippen LogP contribution >= 0.6 is 0 Å². The molecule has 1 fully saturated rings. The summed E-state index contributed by atoms with van der Waals surface area (Å²) in [5.74, 6) is -0.366. The van der Waals surface area contributed by atoms with Gasteiger partial charge in [0.05, 0.1) is 5.56 Å². The monoisotopic (exact) mass is 295 g/mol. The van der Waals surface area contributed by atoms with Crippen molar-refractivity contribution in [2.24, 2.45) is 0 Å². The largest absolute Gasteiger partial charge is 0.478 e. The number of carboxylic acid groups (broad SMARTS) is 1. The van der Waals surface area contributed by atoms with E-state index in [-0.39, 0.29) is 0 Å². The number of hydrogen-bond donors (Lipinski definition) is 1. The molecule has 1 N–H and O–H groups in total. The lowest BCUT2D eigenvalue weighted by molar-refractivity contribution is 0.0696. The van der Waals surface area contributed by atoms with Crippen LogP contribution < -0.4 is 0 Å². The number of rotatable bonds is 4. The van der Waals surface area contributed by atoms with Crippen molar-refractivity contribution in [3.63, 3.8) is 0 Å². The smallest absolute Gasteiger partial charge is 0.335 e. The molecule has 0 aromatic heterocycles. The topological polar surface area (TPSA) is 40.5 Å². The molecule has 3 nitrogen and oxygen atoms in total. The Morgan fingerprint density at radius 3 is 2.45 bits per heavy atom. The van der Waals surface area contributed by atoms with Gasteiger partial charge in [0.2, 0.25) is 0 Å². The Hall–Kier alpha value is -2.13. The van der Waals surface area contributed by atoms with Crippen LogP contribution in [0.1, 0.15) is 40.2 Å². The molecule has 0 atom stereocenters. The SMILES string of the molecule is O=C(O)c1cccc(C2CCN(Cc3ccccc3)CC2)c1. The number of piperidine rings is 1. The summed E-state index contributed by atoms with van der Waals surface area (Å²) in [7, 11) is 0. The Bertz CT molecular complexity index is 631. The van der Waals surface area contributed by atoms with Crippen molar-refractivity contribution < 1.29 is 9.90 Å². The third kappa shape index (κ3) is 3.55. The number of aromatic carboxylic acids is 1. The maximum Gasteiger partial charge on any atom is 0.335 e. The van der Waals surface area contributed by atoms with Crippen LogP contribution in [0.2, 0.25) is 0 Å². The molecular formula is C19H21NO2. The van der Waals surface area contributed by atoms with Gasteiger partial charge < -0.3 is 5.11 Å². The van der Waals surface area contributed by atoms with Gasteiger partial charge in [0.15, 0.2) is 0 Å². The minimum absolute atomic E-state index is 0.393. The predicted molar refractivity (Wildman–Crippen MR) is 87.1 cm³/mol. The number of benzene rings is 2. The first-order valence-electron chi connectivity index (χ1n) is 7.82. The lowest BCUT2D eigenvalue weighted by Crippen LogP contribution is -2.32. The van der Waals surface area contributed by atoms with Crippen molar-refractivity contribution in [2.75, 3.05) is 13.1 Å². The molecule has 0 aliphatic carbocycles. The van der Waals surface area contributed by atoms with Gasteiger partial charge in [0.25, 0.3) is 0 Å². The number of carboxylic acids is 1. The first-order chi connectivity index (χ1) is 10.7. The minimum atomic E-state index is -0.844. The molecule has 0 spiro atoms. The lowest BCUT2D eigenvalue weighted by atomic mass is 9.88. The van der Waals surface area contributed by atoms with Gasteiger partial charge in [-0.25, -0.2) is 4.79 Å². The molecule has 1 aliphatic heterocycles. The normalized spacial score (nSPS) is 16.5. The third-order valence-corrected chi connectivity index (χ3v) is 4.44. The van der Waals surface area contributed by atoms with Crippen LogP contribution in [0.25, 0.3) is 0 Å². The lowest BCUT2D eigenvalue weighted by Gasteiger charge is -2.32. The minimum Gasteiger partial charge on any atom is -0.478 e. The fourth-order valence-electron chi connectivity index (χ4n) is 3.19. The van der Waals surface area contributed by atoms with Crippen molar-refractivity contribution in [3.8, 4) is 0 Å². The Balaban J connectivity index is 1.60. The van der Waals surface area contributed by atoms with E-state index in [1.54, 1.807) is 6.07 Å². The Kier molecular flexibility index (Phi) is 4.54. The number of carbonyl (C=O) groups is 1. The quantitative estimate of drug-likeness (QED) is 0.933. The first-order valence-corrected chi connectivity index (χ1v) is 7.82. The zero-order valence-electron chi connectivity index (χ0n) is 12.6. The van der Waals surface area contributed by atoms with Gasteiger partial charge in [-0.05, 0) is 55.1 Å². The second kappa shape index (κ2) is 6.75. The molecule has 0 saturated carbocycles. The predicted octanol–water partition coefficient (Wildman–Crippen LogP) is 3.76. The molecule has 1 aliphatic rings. The fraction of sp³-hybridized carbons (Fsp3) is 0.316. The highest BCUT2D eigenvalue weighted by atomic mass is 16.4. The first kappa shape index (κ1) is 14.8. The summed E-state index contributed by atoms with van der Waals surface area (Å²) >= 11 is 0.